The molecule has 4 nitrogen and oxygen atoms in total. The minimum atomic E-state index is -3.41. The predicted octanol–water partition coefficient (Wildman–Crippen LogP) is 2.17. The average molecular weight is 314 g/mol. The molecule has 0 bridgehead atoms. The highest BCUT2D eigenvalue weighted by molar-refractivity contribution is 7.88. The largest absolute Gasteiger partial charge is 0.389 e. The van der Waals surface area contributed by atoms with Crippen molar-refractivity contribution in [2.75, 3.05) is 0 Å². The second-order valence-corrected chi connectivity index (χ2v) is 7.35. The summed E-state index contributed by atoms with van der Waals surface area (Å²) in [4.78, 5) is 0.215. The minimum absolute atomic E-state index is 0.0583. The molecule has 1 aromatic carbocycles. The molecule has 1 rings (SSSR count). The molecule has 0 aliphatic rings. The molecule has 3 N–H and O–H groups in total. The van der Waals surface area contributed by atoms with Crippen LogP contribution in [0.15, 0.2) is 24.3 Å². The molecule has 0 radical (unpaired) electrons. The molecular formula is C14H22N2O2S2. The molecule has 0 spiro atoms. The number of hydrogen-bond donors (Lipinski definition) is 2. The highest BCUT2D eigenvalue weighted by atomic mass is 32.2. The van der Waals surface area contributed by atoms with E-state index < -0.39 is 10.0 Å². The van der Waals surface area contributed by atoms with E-state index in [1.54, 1.807) is 24.3 Å². The van der Waals surface area contributed by atoms with Crippen molar-refractivity contribution in [3.63, 3.8) is 0 Å². The van der Waals surface area contributed by atoms with E-state index in [9.17, 15) is 8.42 Å². The fourth-order valence-electron chi connectivity index (χ4n) is 2.05. The molecule has 1 atom stereocenters. The van der Waals surface area contributed by atoms with Crippen molar-refractivity contribution in [1.29, 1.82) is 0 Å². The first-order valence-corrected chi connectivity index (χ1v) is 8.70. The van der Waals surface area contributed by atoms with E-state index >= 15 is 0 Å². The van der Waals surface area contributed by atoms with Crippen molar-refractivity contribution in [2.24, 2.45) is 11.7 Å². The summed E-state index contributed by atoms with van der Waals surface area (Å²) in [6, 6.07) is 7.00. The van der Waals surface area contributed by atoms with Gasteiger partial charge in [0.15, 0.2) is 0 Å². The molecular weight excluding hydrogens is 292 g/mol. The lowest BCUT2D eigenvalue weighted by Crippen LogP contribution is -2.38. The highest BCUT2D eigenvalue weighted by Crippen LogP contribution is 2.14. The molecule has 0 heterocycles. The maximum absolute atomic E-state index is 12.3. The first kappa shape index (κ1) is 17.1. The number of benzene rings is 1. The zero-order chi connectivity index (χ0) is 15.3. The summed E-state index contributed by atoms with van der Waals surface area (Å²) in [7, 11) is -3.41. The van der Waals surface area contributed by atoms with E-state index in [-0.39, 0.29) is 22.7 Å². The maximum Gasteiger partial charge on any atom is 0.216 e. The van der Waals surface area contributed by atoms with Crippen LogP contribution in [0.1, 0.15) is 38.3 Å². The number of thiocarbonyl (C=S) groups is 1. The summed E-state index contributed by atoms with van der Waals surface area (Å²) in [6.07, 6.45) is 0.758. The Hall–Kier alpha value is -0.980. The molecule has 0 fully saturated rings. The van der Waals surface area contributed by atoms with Crippen LogP contribution < -0.4 is 10.5 Å². The summed E-state index contributed by atoms with van der Waals surface area (Å²) < 4.78 is 27.3. The molecule has 6 heteroatoms. The first-order valence-electron chi connectivity index (χ1n) is 6.64. The van der Waals surface area contributed by atoms with Crippen LogP contribution >= 0.6 is 12.2 Å². The Morgan fingerprint density at radius 3 is 2.45 bits per heavy atom. The lowest BCUT2D eigenvalue weighted by atomic mass is 10.0. The van der Waals surface area contributed by atoms with Crippen LogP contribution in [0.2, 0.25) is 0 Å². The second kappa shape index (κ2) is 7.15. The van der Waals surface area contributed by atoms with Crippen LogP contribution in [-0.2, 0) is 15.8 Å². The first-order chi connectivity index (χ1) is 9.26. The molecule has 0 amide bonds. The van der Waals surface area contributed by atoms with Crippen molar-refractivity contribution in [2.45, 2.75) is 39.0 Å². The SMILES string of the molecule is CCC(NS(=O)(=O)Cc1ccccc1C(N)=S)C(C)C. The Labute approximate surface area is 126 Å². The third kappa shape index (κ3) is 4.85. The van der Waals surface area contributed by atoms with Gasteiger partial charge in [0.25, 0.3) is 0 Å². The van der Waals surface area contributed by atoms with Crippen molar-refractivity contribution in [1.82, 2.24) is 4.72 Å². The predicted molar refractivity (Wildman–Crippen MR) is 87.0 cm³/mol. The Morgan fingerprint density at radius 1 is 1.35 bits per heavy atom. The fraction of sp³-hybridized carbons (Fsp3) is 0.500. The average Bonchev–Trinajstić information content (AvgIpc) is 2.35. The molecule has 0 aliphatic carbocycles. The summed E-state index contributed by atoms with van der Waals surface area (Å²) >= 11 is 4.95. The van der Waals surface area contributed by atoms with Gasteiger partial charge in [0.1, 0.15) is 4.99 Å². The molecule has 112 valence electrons. The van der Waals surface area contributed by atoms with Crippen LogP contribution in [0.3, 0.4) is 0 Å². The monoisotopic (exact) mass is 314 g/mol. The standard InChI is InChI=1S/C14H22N2O2S2/c1-4-13(10(2)3)16-20(17,18)9-11-7-5-6-8-12(11)14(15)19/h5-8,10,13,16H,4,9H2,1-3H3,(H2,15,19). The van der Waals surface area contributed by atoms with Gasteiger partial charge in [-0.05, 0) is 17.9 Å². The lowest BCUT2D eigenvalue weighted by Gasteiger charge is -2.21. The Balaban J connectivity index is 2.94. The van der Waals surface area contributed by atoms with Crippen molar-refractivity contribution >= 4 is 27.2 Å². The molecule has 0 aliphatic heterocycles. The Morgan fingerprint density at radius 2 is 1.95 bits per heavy atom. The van der Waals surface area contributed by atoms with Gasteiger partial charge in [-0.15, -0.1) is 0 Å². The Kier molecular flexibility index (Phi) is 6.10. The van der Waals surface area contributed by atoms with Gasteiger partial charge in [-0.25, -0.2) is 13.1 Å². The number of hydrogen-bond acceptors (Lipinski definition) is 3. The van der Waals surface area contributed by atoms with Gasteiger partial charge in [0, 0.05) is 11.6 Å². The zero-order valence-corrected chi connectivity index (χ0v) is 13.7. The van der Waals surface area contributed by atoms with Gasteiger partial charge in [-0.1, -0.05) is 57.3 Å². The van der Waals surface area contributed by atoms with E-state index in [0.717, 1.165) is 6.42 Å². The molecule has 1 unspecified atom stereocenters. The highest BCUT2D eigenvalue weighted by Gasteiger charge is 2.21. The zero-order valence-electron chi connectivity index (χ0n) is 12.1. The molecule has 0 saturated heterocycles. The van der Waals surface area contributed by atoms with Crippen LogP contribution in [-0.4, -0.2) is 19.4 Å². The van der Waals surface area contributed by atoms with Crippen LogP contribution in [0.25, 0.3) is 0 Å². The van der Waals surface area contributed by atoms with Crippen LogP contribution in [0.5, 0.6) is 0 Å². The van der Waals surface area contributed by atoms with E-state index in [4.69, 9.17) is 18.0 Å². The van der Waals surface area contributed by atoms with Gasteiger partial charge in [-0.3, -0.25) is 0 Å². The van der Waals surface area contributed by atoms with Gasteiger partial charge in [0.05, 0.1) is 5.75 Å². The number of nitrogens with two attached hydrogens (primary N) is 1. The number of nitrogens with one attached hydrogen (secondary N) is 1. The van der Waals surface area contributed by atoms with Crippen molar-refractivity contribution in [3.05, 3.63) is 35.4 Å². The van der Waals surface area contributed by atoms with E-state index in [1.165, 1.54) is 0 Å². The molecule has 0 saturated carbocycles. The van der Waals surface area contributed by atoms with Crippen LogP contribution in [0, 0.1) is 5.92 Å². The van der Waals surface area contributed by atoms with Crippen molar-refractivity contribution in [3.8, 4) is 0 Å². The van der Waals surface area contributed by atoms with Crippen LogP contribution in [0.4, 0.5) is 0 Å². The number of rotatable bonds is 7. The van der Waals surface area contributed by atoms with Gasteiger partial charge in [-0.2, -0.15) is 0 Å². The normalized spacial score (nSPS) is 13.4. The molecule has 20 heavy (non-hydrogen) atoms. The minimum Gasteiger partial charge on any atom is -0.389 e. The summed E-state index contributed by atoms with van der Waals surface area (Å²) in [5.41, 5.74) is 6.87. The smallest absolute Gasteiger partial charge is 0.216 e. The van der Waals surface area contributed by atoms with Gasteiger partial charge in [0.2, 0.25) is 10.0 Å². The van der Waals surface area contributed by atoms with Gasteiger partial charge < -0.3 is 5.73 Å². The fourth-order valence-corrected chi connectivity index (χ4v) is 3.90. The van der Waals surface area contributed by atoms with Gasteiger partial charge >= 0.3 is 0 Å². The van der Waals surface area contributed by atoms with E-state index in [0.29, 0.717) is 11.1 Å². The summed E-state index contributed by atoms with van der Waals surface area (Å²) in [5.74, 6) is 0.143. The molecule has 0 aromatic heterocycles. The van der Waals surface area contributed by atoms with E-state index in [1.807, 2.05) is 20.8 Å². The van der Waals surface area contributed by atoms with Crippen molar-refractivity contribution < 1.29 is 8.42 Å². The maximum atomic E-state index is 12.3. The lowest BCUT2D eigenvalue weighted by molar-refractivity contribution is 0.437. The molecule has 1 aromatic rings. The Bertz CT molecular complexity index is 568. The third-order valence-corrected chi connectivity index (χ3v) is 4.78. The topological polar surface area (TPSA) is 72.2 Å². The summed E-state index contributed by atoms with van der Waals surface area (Å²) in [6.45, 7) is 5.97. The quantitative estimate of drug-likeness (QED) is 0.757. The third-order valence-electron chi connectivity index (χ3n) is 3.20. The summed E-state index contributed by atoms with van der Waals surface area (Å²) in [5, 5.41) is 0. The number of sulfonamides is 1. The second-order valence-electron chi connectivity index (χ2n) is 5.16. The van der Waals surface area contributed by atoms with E-state index in [2.05, 4.69) is 4.72 Å².